The lowest BCUT2D eigenvalue weighted by atomic mass is 10.1. The highest BCUT2D eigenvalue weighted by Crippen LogP contribution is 2.17. The van der Waals surface area contributed by atoms with Crippen molar-refractivity contribution in [1.82, 2.24) is 30.4 Å². The van der Waals surface area contributed by atoms with E-state index in [1.807, 2.05) is 6.07 Å². The average Bonchev–Trinajstić information content (AvgIpc) is 2.69. The Hall–Kier alpha value is -1.16. The van der Waals surface area contributed by atoms with Crippen LogP contribution in [0.1, 0.15) is 18.7 Å². The summed E-state index contributed by atoms with van der Waals surface area (Å²) in [5.41, 5.74) is 0.999. The molecule has 4 unspecified atom stereocenters. The van der Waals surface area contributed by atoms with Gasteiger partial charge in [-0.2, -0.15) is 0 Å². The normalized spacial score (nSPS) is 34.7. The minimum Gasteiger partial charge on any atom is -0.378 e. The summed E-state index contributed by atoms with van der Waals surface area (Å²) in [6, 6.07) is 2.94. The van der Waals surface area contributed by atoms with Crippen molar-refractivity contribution in [2.45, 2.75) is 31.3 Å². The van der Waals surface area contributed by atoms with Crippen molar-refractivity contribution in [2.75, 3.05) is 59.1 Å². The molecule has 3 fully saturated rings. The molecule has 0 spiro atoms. The van der Waals surface area contributed by atoms with Crippen LogP contribution in [0.2, 0.25) is 0 Å². The lowest BCUT2D eigenvalue weighted by Gasteiger charge is -2.43. The summed E-state index contributed by atoms with van der Waals surface area (Å²) in [4.78, 5) is 13.3. The third-order valence-electron chi connectivity index (χ3n) is 5.42. The highest BCUT2D eigenvalue weighted by Gasteiger charge is 2.31. The predicted octanol–water partition coefficient (Wildman–Crippen LogP) is -0.542. The van der Waals surface area contributed by atoms with Crippen LogP contribution in [0.15, 0.2) is 18.6 Å². The molecule has 26 heavy (non-hydrogen) atoms. The maximum absolute atomic E-state index is 6.06. The van der Waals surface area contributed by atoms with Gasteiger partial charge in [0, 0.05) is 57.5 Å². The van der Waals surface area contributed by atoms with Gasteiger partial charge < -0.3 is 20.1 Å². The molecule has 2 N–H and O–H groups in total. The molecular formula is C18H30N6O2. The van der Waals surface area contributed by atoms with Crippen LogP contribution in [0.25, 0.3) is 0 Å². The van der Waals surface area contributed by atoms with E-state index in [1.54, 1.807) is 12.5 Å². The first-order chi connectivity index (χ1) is 12.8. The van der Waals surface area contributed by atoms with Gasteiger partial charge in [0.05, 0.1) is 31.6 Å². The van der Waals surface area contributed by atoms with Gasteiger partial charge in [-0.25, -0.2) is 9.97 Å². The van der Waals surface area contributed by atoms with Gasteiger partial charge in [0.2, 0.25) is 0 Å². The number of ether oxygens (including phenoxy) is 2. The molecule has 3 aliphatic rings. The second kappa shape index (κ2) is 8.69. The van der Waals surface area contributed by atoms with E-state index in [1.165, 1.54) is 0 Å². The SMILES string of the molecule is CC1CN(C2CN(CC3COCC(c4ccncn4)N3)CCO2)CCN1. The number of hydrogen-bond acceptors (Lipinski definition) is 8. The zero-order valence-electron chi connectivity index (χ0n) is 15.5. The molecule has 3 aliphatic heterocycles. The lowest BCUT2D eigenvalue weighted by Crippen LogP contribution is -2.60. The molecule has 8 nitrogen and oxygen atoms in total. The number of nitrogens with one attached hydrogen (secondary N) is 2. The van der Waals surface area contributed by atoms with Crippen LogP contribution in [0, 0.1) is 0 Å². The van der Waals surface area contributed by atoms with E-state index in [9.17, 15) is 0 Å². The highest BCUT2D eigenvalue weighted by molar-refractivity contribution is 5.06. The Morgan fingerprint density at radius 2 is 2.23 bits per heavy atom. The molecule has 0 saturated carbocycles. The average molecular weight is 362 g/mol. The van der Waals surface area contributed by atoms with Gasteiger partial charge in [0.15, 0.2) is 0 Å². The monoisotopic (exact) mass is 362 g/mol. The smallest absolute Gasteiger partial charge is 0.123 e. The number of piperazine rings is 1. The summed E-state index contributed by atoms with van der Waals surface area (Å²) in [7, 11) is 0. The third-order valence-corrected chi connectivity index (χ3v) is 5.42. The minimum absolute atomic E-state index is 0.141. The molecule has 3 saturated heterocycles. The van der Waals surface area contributed by atoms with Crippen LogP contribution >= 0.6 is 0 Å². The Kier molecular flexibility index (Phi) is 6.08. The van der Waals surface area contributed by atoms with Crippen molar-refractivity contribution >= 4 is 0 Å². The summed E-state index contributed by atoms with van der Waals surface area (Å²) in [6.07, 6.45) is 3.59. The van der Waals surface area contributed by atoms with Crippen LogP contribution in [0.3, 0.4) is 0 Å². The van der Waals surface area contributed by atoms with Crippen molar-refractivity contribution in [2.24, 2.45) is 0 Å². The Labute approximate surface area is 155 Å². The Bertz CT molecular complexity index is 562. The standard InChI is InChI=1S/C18H30N6O2/c1-14-8-24(5-4-20-14)18-10-23(6-7-26-18)9-15-11-25-12-17(22-15)16-2-3-19-13-21-16/h2-3,13-15,17-18,20,22H,4-12H2,1H3. The van der Waals surface area contributed by atoms with Crippen LogP contribution in [-0.4, -0.2) is 97.2 Å². The molecule has 0 radical (unpaired) electrons. The number of aromatic nitrogens is 2. The van der Waals surface area contributed by atoms with Gasteiger partial charge in [0.25, 0.3) is 0 Å². The van der Waals surface area contributed by atoms with Crippen molar-refractivity contribution < 1.29 is 9.47 Å². The second-order valence-corrected chi connectivity index (χ2v) is 7.52. The van der Waals surface area contributed by atoms with Gasteiger partial charge in [-0.3, -0.25) is 9.80 Å². The van der Waals surface area contributed by atoms with Crippen LogP contribution in [0.5, 0.6) is 0 Å². The number of rotatable bonds is 4. The Balaban J connectivity index is 1.30. The summed E-state index contributed by atoms with van der Waals surface area (Å²) >= 11 is 0. The van der Waals surface area contributed by atoms with Gasteiger partial charge in [0.1, 0.15) is 12.6 Å². The van der Waals surface area contributed by atoms with Crippen LogP contribution in [-0.2, 0) is 9.47 Å². The van der Waals surface area contributed by atoms with Crippen molar-refractivity contribution in [1.29, 1.82) is 0 Å². The molecule has 1 aromatic heterocycles. The van der Waals surface area contributed by atoms with E-state index in [4.69, 9.17) is 9.47 Å². The maximum atomic E-state index is 6.06. The summed E-state index contributed by atoms with van der Waals surface area (Å²) in [6.45, 7) is 10.5. The van der Waals surface area contributed by atoms with Gasteiger partial charge >= 0.3 is 0 Å². The molecule has 0 aromatic carbocycles. The number of morpholine rings is 2. The van der Waals surface area contributed by atoms with Crippen molar-refractivity contribution in [3.05, 3.63) is 24.3 Å². The van der Waals surface area contributed by atoms with E-state index >= 15 is 0 Å². The van der Waals surface area contributed by atoms with Gasteiger partial charge in [-0.05, 0) is 13.0 Å². The lowest BCUT2D eigenvalue weighted by molar-refractivity contribution is -0.121. The number of nitrogens with zero attached hydrogens (tertiary/aromatic N) is 4. The fraction of sp³-hybridized carbons (Fsp3) is 0.778. The maximum Gasteiger partial charge on any atom is 0.123 e. The molecular weight excluding hydrogens is 332 g/mol. The first-order valence-corrected chi connectivity index (χ1v) is 9.69. The fourth-order valence-electron chi connectivity index (χ4n) is 4.10. The van der Waals surface area contributed by atoms with E-state index in [0.717, 1.165) is 58.2 Å². The quantitative estimate of drug-likeness (QED) is 0.740. The molecule has 8 heteroatoms. The summed E-state index contributed by atoms with van der Waals surface area (Å²) in [5.74, 6) is 0. The first kappa shape index (κ1) is 18.2. The van der Waals surface area contributed by atoms with E-state index in [0.29, 0.717) is 18.7 Å². The van der Waals surface area contributed by atoms with E-state index in [-0.39, 0.29) is 12.3 Å². The highest BCUT2D eigenvalue weighted by atomic mass is 16.5. The van der Waals surface area contributed by atoms with Crippen molar-refractivity contribution in [3.63, 3.8) is 0 Å². The molecule has 4 rings (SSSR count). The molecule has 1 aromatic rings. The Morgan fingerprint density at radius 3 is 3.08 bits per heavy atom. The summed E-state index contributed by atoms with van der Waals surface area (Å²) < 4.78 is 11.9. The van der Waals surface area contributed by atoms with Crippen LogP contribution < -0.4 is 10.6 Å². The molecule has 0 aliphatic carbocycles. The third kappa shape index (κ3) is 4.57. The molecule has 4 atom stereocenters. The van der Waals surface area contributed by atoms with Gasteiger partial charge in [-0.1, -0.05) is 0 Å². The van der Waals surface area contributed by atoms with E-state index < -0.39 is 0 Å². The largest absolute Gasteiger partial charge is 0.378 e. The summed E-state index contributed by atoms with van der Waals surface area (Å²) in [5, 5.41) is 7.20. The predicted molar refractivity (Wildman–Crippen MR) is 97.7 cm³/mol. The second-order valence-electron chi connectivity index (χ2n) is 7.52. The molecule has 144 valence electrons. The van der Waals surface area contributed by atoms with Crippen LogP contribution in [0.4, 0.5) is 0 Å². The first-order valence-electron chi connectivity index (χ1n) is 9.69. The fourth-order valence-corrected chi connectivity index (χ4v) is 4.10. The zero-order chi connectivity index (χ0) is 17.8. The molecule has 4 heterocycles. The molecule has 0 amide bonds. The van der Waals surface area contributed by atoms with E-state index in [2.05, 4.69) is 37.3 Å². The van der Waals surface area contributed by atoms with Crippen molar-refractivity contribution in [3.8, 4) is 0 Å². The number of hydrogen-bond donors (Lipinski definition) is 2. The Morgan fingerprint density at radius 1 is 1.27 bits per heavy atom. The molecule has 0 bridgehead atoms. The topological polar surface area (TPSA) is 74.8 Å². The van der Waals surface area contributed by atoms with Gasteiger partial charge in [-0.15, -0.1) is 0 Å². The minimum atomic E-state index is 0.141. The zero-order valence-corrected chi connectivity index (χ0v) is 15.5.